The molecule has 0 atom stereocenters. The van der Waals surface area contributed by atoms with E-state index in [9.17, 15) is 19.2 Å². The van der Waals surface area contributed by atoms with Crippen molar-refractivity contribution < 1.29 is 45.0 Å². The van der Waals surface area contributed by atoms with Crippen LogP contribution in [0.2, 0.25) is 72.5 Å². The molecule has 0 aliphatic heterocycles. The molecule has 0 bridgehead atoms. The molecule has 0 unspecified atom stereocenters. The molecule has 38 heavy (non-hydrogen) atoms. The second kappa shape index (κ2) is 19.7. The number of hydrogen-bond acceptors (Lipinski definition) is 5. The standard InChI is InChI=1S/4C6H16OSi.C4H11N.Hf/c4*1-6(2,3)8(4,5)7;1-3-5-4-2;/h4*7H,1-5H3;5H,3-4H2,1-2H3;. The Morgan fingerprint density at radius 2 is 0.474 bits per heavy atom. The Labute approximate surface area is 264 Å². The van der Waals surface area contributed by atoms with Crippen LogP contribution < -0.4 is 5.32 Å². The average molecular weight is 781 g/mol. The van der Waals surface area contributed by atoms with Gasteiger partial charge in [0.2, 0.25) is 0 Å². The van der Waals surface area contributed by atoms with Gasteiger partial charge in [-0.1, -0.05) is 96.9 Å². The van der Waals surface area contributed by atoms with Gasteiger partial charge in [0.25, 0.3) is 0 Å². The van der Waals surface area contributed by atoms with Crippen LogP contribution in [-0.2, 0) is 25.8 Å². The fourth-order valence-electron chi connectivity index (χ4n) is 0.250. The number of hydrogen-bond donors (Lipinski definition) is 5. The molecule has 0 amide bonds. The molecular weight excluding hydrogens is 705 g/mol. The zero-order valence-electron chi connectivity index (χ0n) is 30.2. The van der Waals surface area contributed by atoms with Gasteiger partial charge in [-0.05, 0) is 85.6 Å². The zero-order valence-corrected chi connectivity index (χ0v) is 37.8. The van der Waals surface area contributed by atoms with Crippen LogP contribution in [0.15, 0.2) is 0 Å². The summed E-state index contributed by atoms with van der Waals surface area (Å²) in [5.74, 6) is 0. The van der Waals surface area contributed by atoms with E-state index in [1.165, 1.54) is 0 Å². The van der Waals surface area contributed by atoms with Crippen molar-refractivity contribution in [3.63, 3.8) is 0 Å². The summed E-state index contributed by atoms with van der Waals surface area (Å²) < 4.78 is 0. The van der Waals surface area contributed by atoms with Crippen molar-refractivity contribution in [2.24, 2.45) is 0 Å². The fourth-order valence-corrected chi connectivity index (χ4v) is 0.250. The third-order valence-electron chi connectivity index (χ3n) is 7.84. The van der Waals surface area contributed by atoms with Gasteiger partial charge < -0.3 is 24.5 Å². The minimum atomic E-state index is -1.86. The number of rotatable bonds is 2. The summed E-state index contributed by atoms with van der Waals surface area (Å²) in [6, 6.07) is 0. The van der Waals surface area contributed by atoms with Gasteiger partial charge in [0.1, 0.15) is 0 Å². The van der Waals surface area contributed by atoms with E-state index in [-0.39, 0.29) is 46.0 Å². The van der Waals surface area contributed by atoms with Crippen LogP contribution in [0.5, 0.6) is 0 Å². The van der Waals surface area contributed by atoms with E-state index in [1.807, 2.05) is 52.4 Å². The van der Waals surface area contributed by atoms with Crippen LogP contribution in [0.25, 0.3) is 0 Å². The first-order valence-electron chi connectivity index (χ1n) is 14.0. The summed E-state index contributed by atoms with van der Waals surface area (Å²) in [5.41, 5.74) is 0. The predicted molar refractivity (Wildman–Crippen MR) is 182 cm³/mol. The molecule has 0 fully saturated rings. The summed E-state index contributed by atoms with van der Waals surface area (Å²) in [6.07, 6.45) is 0. The maximum absolute atomic E-state index is 9.49. The van der Waals surface area contributed by atoms with Crippen molar-refractivity contribution in [3.8, 4) is 0 Å². The van der Waals surface area contributed by atoms with Gasteiger partial charge in [0.15, 0.2) is 33.3 Å². The Morgan fingerprint density at radius 3 is 0.474 bits per heavy atom. The van der Waals surface area contributed by atoms with Crippen molar-refractivity contribution in [2.45, 2.75) is 169 Å². The van der Waals surface area contributed by atoms with Gasteiger partial charge in [0.05, 0.1) is 0 Å². The van der Waals surface area contributed by atoms with E-state index in [1.54, 1.807) is 0 Å². The first-order valence-corrected chi connectivity index (χ1v) is 25.8. The second-order valence-electron chi connectivity index (χ2n) is 16.2. The average Bonchev–Trinajstić information content (AvgIpc) is 2.50. The minimum absolute atomic E-state index is 0. The molecule has 0 saturated carbocycles. The second-order valence-corrected chi connectivity index (χ2v) is 34.7. The molecule has 0 aliphatic rings. The maximum Gasteiger partial charge on any atom is 0.187 e. The quantitative estimate of drug-likeness (QED) is 0.181. The summed E-state index contributed by atoms with van der Waals surface area (Å²) in [7, 11) is -7.44. The molecule has 0 spiro atoms. The van der Waals surface area contributed by atoms with Gasteiger partial charge in [0, 0.05) is 25.8 Å². The molecule has 5 N–H and O–H groups in total. The molecule has 0 aromatic carbocycles. The maximum atomic E-state index is 9.49. The van der Waals surface area contributed by atoms with Crippen molar-refractivity contribution in [3.05, 3.63) is 0 Å². The molecule has 0 rings (SSSR count). The zero-order chi connectivity index (χ0) is 32.1. The van der Waals surface area contributed by atoms with Gasteiger partial charge >= 0.3 is 0 Å². The summed E-state index contributed by atoms with van der Waals surface area (Å²) in [5, 5.41) is 3.64. The van der Waals surface area contributed by atoms with Crippen LogP contribution in [0.3, 0.4) is 0 Å². The van der Waals surface area contributed by atoms with Gasteiger partial charge in [-0.2, -0.15) is 0 Å². The van der Waals surface area contributed by atoms with Crippen molar-refractivity contribution >= 4 is 33.3 Å². The summed E-state index contributed by atoms with van der Waals surface area (Å²) in [4.78, 5) is 38.0. The topological polar surface area (TPSA) is 93.0 Å². The van der Waals surface area contributed by atoms with Gasteiger partial charge in [-0.25, -0.2) is 0 Å². The Bertz CT molecular complexity index is 405. The van der Waals surface area contributed by atoms with Crippen LogP contribution >= 0.6 is 0 Å². The van der Waals surface area contributed by atoms with Crippen molar-refractivity contribution in [1.29, 1.82) is 0 Å². The first kappa shape index (κ1) is 52.2. The summed E-state index contributed by atoms with van der Waals surface area (Å²) >= 11 is 0. The van der Waals surface area contributed by atoms with E-state index in [0.29, 0.717) is 0 Å². The van der Waals surface area contributed by atoms with Crippen LogP contribution in [0, 0.1) is 0 Å². The molecule has 0 aliphatic carbocycles. The third kappa shape index (κ3) is 32.1. The van der Waals surface area contributed by atoms with Crippen LogP contribution in [0.1, 0.15) is 96.9 Å². The van der Waals surface area contributed by atoms with Crippen LogP contribution in [0.4, 0.5) is 0 Å². The summed E-state index contributed by atoms with van der Waals surface area (Å²) in [6.45, 7) is 47.1. The molecule has 0 aromatic heterocycles. The Balaban J connectivity index is -0.0000000844. The normalized spacial score (nSPS) is 13.1. The predicted octanol–water partition coefficient (Wildman–Crippen LogP) is 8.55. The molecule has 10 heteroatoms. The first-order chi connectivity index (χ1) is 15.4. The molecule has 0 aromatic rings. The van der Waals surface area contributed by atoms with Crippen molar-refractivity contribution in [1.82, 2.24) is 5.32 Å². The van der Waals surface area contributed by atoms with Gasteiger partial charge in [-0.15, -0.1) is 0 Å². The molecule has 0 heterocycles. The van der Waals surface area contributed by atoms with Crippen molar-refractivity contribution in [2.75, 3.05) is 13.1 Å². The fraction of sp³-hybridized carbons (Fsp3) is 1.00. The molecule has 236 valence electrons. The minimum Gasteiger partial charge on any atom is -0.432 e. The third-order valence-corrected chi connectivity index (χ3v) is 22.5. The van der Waals surface area contributed by atoms with Gasteiger partial charge in [-0.3, -0.25) is 0 Å². The van der Waals surface area contributed by atoms with E-state index >= 15 is 0 Å². The monoisotopic (exact) mass is 781 g/mol. The molecule has 5 nitrogen and oxygen atoms in total. The SMILES string of the molecule is CC(C)(C)[Si](C)(C)O.CC(C)(C)[Si](C)(C)O.CC(C)(C)[Si](C)(C)O.CC(C)(C)[Si](C)(C)O.CCNCC.[Hf]. The van der Waals surface area contributed by atoms with E-state index in [4.69, 9.17) is 0 Å². The molecule has 0 radical (unpaired) electrons. The smallest absolute Gasteiger partial charge is 0.187 e. The Hall–Kier alpha value is 1.54. The Kier molecular flexibility index (Phi) is 27.0. The van der Waals surface area contributed by atoms with E-state index < -0.39 is 33.3 Å². The molecule has 0 saturated heterocycles. The Morgan fingerprint density at radius 1 is 0.395 bits per heavy atom. The largest absolute Gasteiger partial charge is 0.432 e. The number of nitrogens with one attached hydrogen (secondary N) is 1. The van der Waals surface area contributed by atoms with Crippen LogP contribution in [-0.4, -0.2) is 65.5 Å². The molecular formula is C28H75HfNO4Si4. The van der Waals surface area contributed by atoms with E-state index in [2.05, 4.69) is 102 Å². The van der Waals surface area contributed by atoms with E-state index in [0.717, 1.165) is 13.1 Å².